The Morgan fingerprint density at radius 1 is 1.24 bits per heavy atom. The fourth-order valence-corrected chi connectivity index (χ4v) is 3.03. The van der Waals surface area contributed by atoms with Crippen molar-refractivity contribution >= 4 is 0 Å². The van der Waals surface area contributed by atoms with Crippen LogP contribution in [0, 0.1) is 6.92 Å². The van der Waals surface area contributed by atoms with Crippen molar-refractivity contribution in [2.75, 3.05) is 13.2 Å². The van der Waals surface area contributed by atoms with Gasteiger partial charge in [0.1, 0.15) is 0 Å². The number of nitrogens with one attached hydrogen (secondary N) is 1. The van der Waals surface area contributed by atoms with E-state index in [9.17, 15) is 5.11 Å². The lowest BCUT2D eigenvalue weighted by atomic mass is 9.98. The maximum Gasteiger partial charge on any atom is 0.0898 e. The van der Waals surface area contributed by atoms with Crippen LogP contribution in [0.5, 0.6) is 0 Å². The highest BCUT2D eigenvalue weighted by Crippen LogP contribution is 2.20. The van der Waals surface area contributed by atoms with Gasteiger partial charge in [0, 0.05) is 12.6 Å². The fraction of sp³-hybridized carbons (Fsp3) is 0.667. The van der Waals surface area contributed by atoms with Crippen molar-refractivity contribution in [3.05, 3.63) is 35.4 Å². The van der Waals surface area contributed by atoms with Crippen LogP contribution in [0.25, 0.3) is 0 Å². The molecule has 2 rings (SSSR count). The number of benzene rings is 1. The molecule has 1 aliphatic rings. The molecule has 2 N–H and O–H groups in total. The molecule has 0 saturated heterocycles. The zero-order chi connectivity index (χ0) is 15.1. The minimum absolute atomic E-state index is 0.246. The van der Waals surface area contributed by atoms with Crippen molar-refractivity contribution < 1.29 is 9.84 Å². The highest BCUT2D eigenvalue weighted by Gasteiger charge is 2.16. The Balaban J connectivity index is 1.68. The molecule has 1 aromatic rings. The molecule has 0 bridgehead atoms. The van der Waals surface area contributed by atoms with Crippen LogP contribution in [0.3, 0.4) is 0 Å². The van der Waals surface area contributed by atoms with E-state index >= 15 is 0 Å². The standard InChI is InChI=1S/C18H29NO2/c1-14-8-6-7-11-18(14)15(2)19-12-16(20)13-21-17-9-4-3-5-10-17/h6-8,11,15-17,19-20H,3-5,9-10,12-13H2,1-2H3. The second-order valence-electron chi connectivity index (χ2n) is 6.23. The number of rotatable bonds is 7. The Morgan fingerprint density at radius 3 is 2.67 bits per heavy atom. The summed E-state index contributed by atoms with van der Waals surface area (Å²) in [4.78, 5) is 0. The summed E-state index contributed by atoms with van der Waals surface area (Å²) in [5, 5.41) is 13.5. The van der Waals surface area contributed by atoms with Crippen LogP contribution in [0.4, 0.5) is 0 Å². The van der Waals surface area contributed by atoms with E-state index in [-0.39, 0.29) is 6.04 Å². The topological polar surface area (TPSA) is 41.5 Å². The molecule has 0 amide bonds. The van der Waals surface area contributed by atoms with E-state index < -0.39 is 6.10 Å². The van der Waals surface area contributed by atoms with Gasteiger partial charge in [0.05, 0.1) is 18.8 Å². The minimum Gasteiger partial charge on any atom is -0.389 e. The van der Waals surface area contributed by atoms with Gasteiger partial charge in [0.15, 0.2) is 0 Å². The lowest BCUT2D eigenvalue weighted by molar-refractivity contribution is -0.0235. The summed E-state index contributed by atoms with van der Waals surface area (Å²) in [7, 11) is 0. The van der Waals surface area contributed by atoms with E-state index in [1.807, 2.05) is 0 Å². The molecule has 1 aromatic carbocycles. The number of ether oxygens (including phenoxy) is 1. The van der Waals surface area contributed by atoms with Crippen molar-refractivity contribution in [3.63, 3.8) is 0 Å². The van der Waals surface area contributed by atoms with Gasteiger partial charge in [0.2, 0.25) is 0 Å². The second kappa shape index (κ2) is 8.52. The lowest BCUT2D eigenvalue weighted by Crippen LogP contribution is -2.34. The van der Waals surface area contributed by atoms with E-state index in [4.69, 9.17) is 4.74 Å². The summed E-state index contributed by atoms with van der Waals surface area (Å²) >= 11 is 0. The Bertz CT molecular complexity index is 415. The first-order valence-electron chi connectivity index (χ1n) is 8.25. The maximum absolute atomic E-state index is 10.1. The fourth-order valence-electron chi connectivity index (χ4n) is 3.03. The zero-order valence-corrected chi connectivity index (χ0v) is 13.3. The Kier molecular flexibility index (Phi) is 6.68. The third-order valence-electron chi connectivity index (χ3n) is 4.39. The Morgan fingerprint density at radius 2 is 1.95 bits per heavy atom. The van der Waals surface area contributed by atoms with Gasteiger partial charge < -0.3 is 15.2 Å². The average Bonchev–Trinajstić information content (AvgIpc) is 2.52. The average molecular weight is 291 g/mol. The number of aliphatic hydroxyl groups is 1. The number of aryl methyl sites for hydroxylation is 1. The van der Waals surface area contributed by atoms with E-state index in [1.54, 1.807) is 0 Å². The first-order valence-corrected chi connectivity index (χ1v) is 8.25. The van der Waals surface area contributed by atoms with E-state index in [1.165, 1.54) is 30.4 Å². The third-order valence-corrected chi connectivity index (χ3v) is 4.39. The summed E-state index contributed by atoms with van der Waals surface area (Å²) in [6.07, 6.45) is 6.10. The monoisotopic (exact) mass is 291 g/mol. The number of aliphatic hydroxyl groups excluding tert-OH is 1. The van der Waals surface area contributed by atoms with E-state index in [0.29, 0.717) is 19.3 Å². The number of hydrogen-bond acceptors (Lipinski definition) is 3. The molecule has 0 heterocycles. The van der Waals surface area contributed by atoms with Gasteiger partial charge in [-0.3, -0.25) is 0 Å². The quantitative estimate of drug-likeness (QED) is 0.809. The van der Waals surface area contributed by atoms with Crippen LogP contribution in [-0.4, -0.2) is 30.5 Å². The van der Waals surface area contributed by atoms with Crippen molar-refractivity contribution in [1.29, 1.82) is 0 Å². The van der Waals surface area contributed by atoms with Gasteiger partial charge in [-0.1, -0.05) is 43.5 Å². The van der Waals surface area contributed by atoms with Crippen molar-refractivity contribution in [1.82, 2.24) is 5.32 Å². The molecule has 21 heavy (non-hydrogen) atoms. The highest BCUT2D eigenvalue weighted by molar-refractivity contribution is 5.28. The van der Waals surface area contributed by atoms with Gasteiger partial charge in [-0.2, -0.15) is 0 Å². The SMILES string of the molecule is Cc1ccccc1C(C)NCC(O)COC1CCCCC1. The van der Waals surface area contributed by atoms with E-state index in [0.717, 1.165) is 12.8 Å². The molecule has 118 valence electrons. The van der Waals surface area contributed by atoms with Crippen molar-refractivity contribution in [3.8, 4) is 0 Å². The normalized spacial score (nSPS) is 19.4. The first kappa shape index (κ1) is 16.5. The second-order valence-corrected chi connectivity index (χ2v) is 6.23. The van der Waals surface area contributed by atoms with Gasteiger partial charge in [-0.25, -0.2) is 0 Å². The summed E-state index contributed by atoms with van der Waals surface area (Å²) in [5.41, 5.74) is 2.57. The van der Waals surface area contributed by atoms with Crippen molar-refractivity contribution in [2.45, 2.75) is 64.2 Å². The van der Waals surface area contributed by atoms with Crippen LogP contribution in [-0.2, 0) is 4.74 Å². The number of hydrogen-bond donors (Lipinski definition) is 2. The molecule has 0 aromatic heterocycles. The summed E-state index contributed by atoms with van der Waals surface area (Å²) in [6.45, 7) is 5.27. The van der Waals surface area contributed by atoms with Crippen LogP contribution in [0.15, 0.2) is 24.3 Å². The summed E-state index contributed by atoms with van der Waals surface area (Å²) in [6, 6.07) is 8.62. The molecule has 2 unspecified atom stereocenters. The molecule has 0 radical (unpaired) electrons. The maximum atomic E-state index is 10.1. The highest BCUT2D eigenvalue weighted by atomic mass is 16.5. The smallest absolute Gasteiger partial charge is 0.0898 e. The summed E-state index contributed by atoms with van der Waals surface area (Å²) in [5.74, 6) is 0. The van der Waals surface area contributed by atoms with Crippen molar-refractivity contribution in [2.24, 2.45) is 0 Å². The van der Waals surface area contributed by atoms with Gasteiger partial charge in [0.25, 0.3) is 0 Å². The molecule has 2 atom stereocenters. The third kappa shape index (κ3) is 5.42. The van der Waals surface area contributed by atoms with Gasteiger partial charge in [-0.05, 0) is 37.8 Å². The lowest BCUT2D eigenvalue weighted by Gasteiger charge is -2.24. The minimum atomic E-state index is -0.432. The predicted octanol–water partition coefficient (Wildman–Crippen LogP) is 3.36. The predicted molar refractivity (Wildman–Crippen MR) is 86.4 cm³/mol. The van der Waals surface area contributed by atoms with Crippen LogP contribution >= 0.6 is 0 Å². The summed E-state index contributed by atoms with van der Waals surface area (Å²) < 4.78 is 5.82. The molecule has 0 aliphatic heterocycles. The van der Waals surface area contributed by atoms with Gasteiger partial charge >= 0.3 is 0 Å². The molecular formula is C18H29NO2. The Labute approximate surface area is 128 Å². The Hall–Kier alpha value is -0.900. The van der Waals surface area contributed by atoms with Gasteiger partial charge in [-0.15, -0.1) is 0 Å². The van der Waals surface area contributed by atoms with Crippen LogP contribution < -0.4 is 5.32 Å². The van der Waals surface area contributed by atoms with Crippen LogP contribution in [0.2, 0.25) is 0 Å². The first-order chi connectivity index (χ1) is 10.2. The molecular weight excluding hydrogens is 262 g/mol. The largest absolute Gasteiger partial charge is 0.389 e. The molecule has 0 spiro atoms. The van der Waals surface area contributed by atoms with Crippen LogP contribution in [0.1, 0.15) is 56.2 Å². The molecule has 3 nitrogen and oxygen atoms in total. The van der Waals surface area contributed by atoms with E-state index in [2.05, 4.69) is 43.4 Å². The molecule has 3 heteroatoms. The zero-order valence-electron chi connectivity index (χ0n) is 13.3. The molecule has 1 fully saturated rings. The molecule has 1 saturated carbocycles. The molecule has 1 aliphatic carbocycles.